The van der Waals surface area contributed by atoms with E-state index in [1.807, 2.05) is 6.92 Å². The van der Waals surface area contributed by atoms with Crippen LogP contribution in [0.5, 0.6) is 0 Å². The van der Waals surface area contributed by atoms with Gasteiger partial charge >= 0.3 is 5.97 Å². The molecule has 1 atom stereocenters. The van der Waals surface area contributed by atoms with E-state index in [0.717, 1.165) is 38.5 Å². The van der Waals surface area contributed by atoms with Crippen molar-refractivity contribution in [1.82, 2.24) is 0 Å². The molecule has 0 aromatic carbocycles. The average Bonchev–Trinajstić information content (AvgIpc) is 2.20. The Kier molecular flexibility index (Phi) is 8.90. The third kappa shape index (κ3) is 10.9. The first kappa shape index (κ1) is 14.0. The summed E-state index contributed by atoms with van der Waals surface area (Å²) in [6.45, 7) is 1.71. The summed E-state index contributed by atoms with van der Waals surface area (Å²) in [5.74, 6) is 1.70. The predicted molar refractivity (Wildman–Crippen MR) is 59.6 cm³/mol. The van der Waals surface area contributed by atoms with Gasteiger partial charge in [0, 0.05) is 6.42 Å². The molecule has 15 heavy (non-hydrogen) atoms. The molecule has 1 N–H and O–H groups in total. The van der Waals surface area contributed by atoms with Gasteiger partial charge in [0.05, 0.1) is 6.10 Å². The summed E-state index contributed by atoms with van der Waals surface area (Å²) in [6, 6.07) is 0. The van der Waals surface area contributed by atoms with Crippen LogP contribution in [0, 0.1) is 12.3 Å². The van der Waals surface area contributed by atoms with E-state index in [4.69, 9.17) is 16.3 Å². The zero-order chi connectivity index (χ0) is 11.5. The highest BCUT2D eigenvalue weighted by Gasteiger charge is 2.04. The molecule has 0 saturated carbocycles. The van der Waals surface area contributed by atoms with Crippen LogP contribution in [-0.2, 0) is 9.53 Å². The Hall–Kier alpha value is -1.01. The molecule has 0 aliphatic rings. The zero-order valence-corrected chi connectivity index (χ0v) is 9.37. The number of hydrogen-bond donors (Lipinski definition) is 1. The van der Waals surface area contributed by atoms with Crippen LogP contribution in [0.1, 0.15) is 45.4 Å². The second-order valence-electron chi connectivity index (χ2n) is 3.67. The first-order valence-corrected chi connectivity index (χ1v) is 5.43. The SMILES string of the molecule is C#CCCCCCCC(C)OCC(=O)O. The van der Waals surface area contributed by atoms with Crippen molar-refractivity contribution < 1.29 is 14.6 Å². The van der Waals surface area contributed by atoms with Gasteiger partial charge in [0.15, 0.2) is 0 Å². The van der Waals surface area contributed by atoms with Crippen LogP contribution in [0.15, 0.2) is 0 Å². The number of carboxylic acids is 1. The molecule has 0 heterocycles. The normalized spacial score (nSPS) is 12.0. The van der Waals surface area contributed by atoms with E-state index in [9.17, 15) is 4.79 Å². The van der Waals surface area contributed by atoms with E-state index in [1.165, 1.54) is 0 Å². The first-order chi connectivity index (χ1) is 7.16. The highest BCUT2D eigenvalue weighted by Crippen LogP contribution is 2.08. The van der Waals surface area contributed by atoms with E-state index in [1.54, 1.807) is 0 Å². The minimum atomic E-state index is -0.907. The monoisotopic (exact) mass is 212 g/mol. The van der Waals surface area contributed by atoms with E-state index < -0.39 is 5.97 Å². The van der Waals surface area contributed by atoms with Crippen molar-refractivity contribution in [1.29, 1.82) is 0 Å². The molecule has 3 nitrogen and oxygen atoms in total. The summed E-state index contributed by atoms with van der Waals surface area (Å²) >= 11 is 0. The molecule has 0 aliphatic heterocycles. The van der Waals surface area contributed by atoms with Crippen molar-refractivity contribution in [2.24, 2.45) is 0 Å². The largest absolute Gasteiger partial charge is 0.480 e. The number of carbonyl (C=O) groups is 1. The fourth-order valence-corrected chi connectivity index (χ4v) is 1.31. The van der Waals surface area contributed by atoms with E-state index in [2.05, 4.69) is 5.92 Å². The molecule has 1 unspecified atom stereocenters. The van der Waals surface area contributed by atoms with E-state index in [0.29, 0.717) is 0 Å². The van der Waals surface area contributed by atoms with E-state index >= 15 is 0 Å². The predicted octanol–water partition coefficient (Wildman–Crippen LogP) is 2.45. The Bertz CT molecular complexity index is 205. The fourth-order valence-electron chi connectivity index (χ4n) is 1.31. The molecule has 0 bridgehead atoms. The Labute approximate surface area is 91.8 Å². The molecule has 3 heteroatoms. The van der Waals surface area contributed by atoms with E-state index in [-0.39, 0.29) is 12.7 Å². The highest BCUT2D eigenvalue weighted by atomic mass is 16.5. The second kappa shape index (κ2) is 9.54. The summed E-state index contributed by atoms with van der Waals surface area (Å²) in [5.41, 5.74) is 0. The maximum Gasteiger partial charge on any atom is 0.329 e. The van der Waals surface area contributed by atoms with Gasteiger partial charge < -0.3 is 9.84 Å². The molecule has 0 aliphatic carbocycles. The molecular formula is C12H20O3. The Morgan fingerprint density at radius 2 is 2.07 bits per heavy atom. The molecule has 0 fully saturated rings. The quantitative estimate of drug-likeness (QED) is 0.471. The van der Waals surface area contributed by atoms with Crippen molar-refractivity contribution in [3.05, 3.63) is 0 Å². The van der Waals surface area contributed by atoms with Crippen LogP contribution in [0.2, 0.25) is 0 Å². The number of terminal acetylenes is 1. The molecular weight excluding hydrogens is 192 g/mol. The Morgan fingerprint density at radius 1 is 1.40 bits per heavy atom. The lowest BCUT2D eigenvalue weighted by Crippen LogP contribution is -2.14. The van der Waals surface area contributed by atoms with Crippen molar-refractivity contribution in [3.8, 4) is 12.3 Å². The van der Waals surface area contributed by atoms with Gasteiger partial charge in [0.1, 0.15) is 6.61 Å². The number of aliphatic carboxylic acids is 1. The lowest BCUT2D eigenvalue weighted by molar-refractivity contribution is -0.144. The van der Waals surface area contributed by atoms with Gasteiger partial charge in [-0.25, -0.2) is 4.79 Å². The molecule has 0 rings (SSSR count). The fraction of sp³-hybridized carbons (Fsp3) is 0.750. The summed E-state index contributed by atoms with van der Waals surface area (Å²) in [7, 11) is 0. The standard InChI is InChI=1S/C12H20O3/c1-3-4-5-6-7-8-9-11(2)15-10-12(13)14/h1,11H,4-10H2,2H3,(H,13,14). The van der Waals surface area contributed by atoms with Crippen molar-refractivity contribution >= 4 is 5.97 Å². The number of ether oxygens (including phenoxy) is 1. The molecule has 0 saturated heterocycles. The van der Waals surface area contributed by atoms with Crippen LogP contribution in [0.4, 0.5) is 0 Å². The van der Waals surface area contributed by atoms with Gasteiger partial charge in [0.2, 0.25) is 0 Å². The van der Waals surface area contributed by atoms with Crippen LogP contribution in [0.3, 0.4) is 0 Å². The average molecular weight is 212 g/mol. The molecule has 0 aromatic rings. The van der Waals surface area contributed by atoms with Crippen LogP contribution >= 0.6 is 0 Å². The number of rotatable bonds is 9. The van der Waals surface area contributed by atoms with Gasteiger partial charge in [-0.3, -0.25) is 0 Å². The maximum absolute atomic E-state index is 10.2. The minimum absolute atomic E-state index is 0.0359. The minimum Gasteiger partial charge on any atom is -0.480 e. The Morgan fingerprint density at radius 3 is 2.67 bits per heavy atom. The second-order valence-corrected chi connectivity index (χ2v) is 3.67. The summed E-state index contributed by atoms with van der Waals surface area (Å²) in [5, 5.41) is 8.39. The van der Waals surface area contributed by atoms with Crippen molar-refractivity contribution in [2.45, 2.75) is 51.6 Å². The topological polar surface area (TPSA) is 46.5 Å². The smallest absolute Gasteiger partial charge is 0.329 e. The lowest BCUT2D eigenvalue weighted by atomic mass is 10.1. The van der Waals surface area contributed by atoms with Gasteiger partial charge in [-0.05, 0) is 19.8 Å². The summed E-state index contributed by atoms with van der Waals surface area (Å²) < 4.78 is 5.10. The number of hydrogen-bond acceptors (Lipinski definition) is 2. The third-order valence-corrected chi connectivity index (χ3v) is 2.17. The van der Waals surface area contributed by atoms with Gasteiger partial charge in [0.25, 0.3) is 0 Å². The van der Waals surface area contributed by atoms with Crippen LogP contribution in [0.25, 0.3) is 0 Å². The van der Waals surface area contributed by atoms with Gasteiger partial charge in [-0.1, -0.05) is 19.3 Å². The third-order valence-electron chi connectivity index (χ3n) is 2.17. The lowest BCUT2D eigenvalue weighted by Gasteiger charge is -2.10. The number of unbranched alkanes of at least 4 members (excludes halogenated alkanes) is 4. The summed E-state index contributed by atoms with van der Waals surface area (Å²) in [4.78, 5) is 10.2. The molecule has 86 valence electrons. The van der Waals surface area contributed by atoms with Gasteiger partial charge in [-0.15, -0.1) is 12.3 Å². The highest BCUT2D eigenvalue weighted by molar-refractivity contribution is 5.68. The molecule has 0 amide bonds. The maximum atomic E-state index is 10.2. The summed E-state index contributed by atoms with van der Waals surface area (Å²) in [6.07, 6.45) is 11.4. The van der Waals surface area contributed by atoms with Crippen LogP contribution in [-0.4, -0.2) is 23.8 Å². The zero-order valence-electron chi connectivity index (χ0n) is 9.37. The van der Waals surface area contributed by atoms with Gasteiger partial charge in [-0.2, -0.15) is 0 Å². The van der Waals surface area contributed by atoms with Crippen molar-refractivity contribution in [2.75, 3.05) is 6.61 Å². The Balaban J connectivity index is 3.20. The molecule has 0 aromatic heterocycles. The van der Waals surface area contributed by atoms with Crippen LogP contribution < -0.4 is 0 Å². The van der Waals surface area contributed by atoms with Crippen molar-refractivity contribution in [3.63, 3.8) is 0 Å². The number of carboxylic acid groups (broad SMARTS) is 1. The first-order valence-electron chi connectivity index (χ1n) is 5.43. The molecule has 0 radical (unpaired) electrons. The molecule has 0 spiro atoms.